The zero-order chi connectivity index (χ0) is 20.5. The first-order chi connectivity index (χ1) is 14.7. The van der Waals surface area contributed by atoms with Crippen molar-refractivity contribution in [3.63, 3.8) is 0 Å². The van der Waals surface area contributed by atoms with Crippen LogP contribution in [0.3, 0.4) is 0 Å². The maximum Gasteiger partial charge on any atom is 0.234 e. The Bertz CT molecular complexity index is 1390. The molecule has 146 valence electrons. The van der Waals surface area contributed by atoms with E-state index in [-0.39, 0.29) is 0 Å². The van der Waals surface area contributed by atoms with E-state index < -0.39 is 0 Å². The zero-order valence-electron chi connectivity index (χ0n) is 15.4. The molecule has 5 aromatic rings. The summed E-state index contributed by atoms with van der Waals surface area (Å²) >= 11 is 11.9. The Morgan fingerprint density at radius 2 is 1.67 bits per heavy atom. The third-order valence-corrected chi connectivity index (χ3v) is 4.88. The van der Waals surface area contributed by atoms with Gasteiger partial charge in [-0.05, 0) is 48.5 Å². The fourth-order valence-electron chi connectivity index (χ4n) is 2.97. The average Bonchev–Trinajstić information content (AvgIpc) is 3.21. The van der Waals surface area contributed by atoms with E-state index in [4.69, 9.17) is 32.6 Å². The molecule has 3 aromatic heterocycles. The Kier molecular flexibility index (Phi) is 4.78. The van der Waals surface area contributed by atoms with E-state index >= 15 is 0 Å². The fraction of sp³-hybridized carbons (Fsp3) is 0. The highest BCUT2D eigenvalue weighted by Gasteiger charge is 2.14. The van der Waals surface area contributed by atoms with Gasteiger partial charge >= 0.3 is 0 Å². The summed E-state index contributed by atoms with van der Waals surface area (Å²) in [6.07, 6.45) is 3.30. The van der Waals surface area contributed by atoms with Gasteiger partial charge in [0.1, 0.15) is 10.5 Å². The number of para-hydroxylation sites is 1. The van der Waals surface area contributed by atoms with E-state index in [1.165, 1.54) is 0 Å². The molecule has 2 aromatic carbocycles. The van der Waals surface area contributed by atoms with Crippen molar-refractivity contribution in [2.45, 2.75) is 0 Å². The maximum absolute atomic E-state index is 6.05. The molecule has 0 unspecified atom stereocenters. The number of benzene rings is 2. The fourth-order valence-corrected chi connectivity index (χ4v) is 3.20. The number of aromatic nitrogens is 4. The SMILES string of the molecule is Clc1ccc(N=c2oc(-c3ccc(Cl)nc3)nc3c2cnn3-c2ccccc2)cc1. The Hall–Kier alpha value is -3.48. The van der Waals surface area contributed by atoms with Crippen molar-refractivity contribution in [2.24, 2.45) is 4.99 Å². The molecule has 0 aliphatic carbocycles. The highest BCUT2D eigenvalue weighted by molar-refractivity contribution is 6.30. The Morgan fingerprint density at radius 1 is 0.867 bits per heavy atom. The molecule has 0 radical (unpaired) electrons. The van der Waals surface area contributed by atoms with Gasteiger partial charge in [-0.1, -0.05) is 41.4 Å². The summed E-state index contributed by atoms with van der Waals surface area (Å²) in [5.74, 6) is 0.358. The van der Waals surface area contributed by atoms with Gasteiger partial charge in [-0.2, -0.15) is 10.1 Å². The van der Waals surface area contributed by atoms with Gasteiger partial charge in [0.15, 0.2) is 5.65 Å². The van der Waals surface area contributed by atoms with Gasteiger partial charge in [0.2, 0.25) is 11.4 Å². The van der Waals surface area contributed by atoms with Crippen LogP contribution in [0.1, 0.15) is 0 Å². The Labute approximate surface area is 181 Å². The second kappa shape index (κ2) is 7.74. The van der Waals surface area contributed by atoms with Crippen molar-refractivity contribution in [2.75, 3.05) is 0 Å². The molecule has 0 saturated carbocycles. The third-order valence-electron chi connectivity index (χ3n) is 4.41. The molecule has 8 heteroatoms. The summed E-state index contributed by atoms with van der Waals surface area (Å²) in [7, 11) is 0. The largest absolute Gasteiger partial charge is 0.419 e. The number of halogens is 2. The summed E-state index contributed by atoms with van der Waals surface area (Å²) in [4.78, 5) is 13.5. The average molecular weight is 434 g/mol. The van der Waals surface area contributed by atoms with E-state index in [9.17, 15) is 0 Å². The summed E-state index contributed by atoms with van der Waals surface area (Å²) in [6.45, 7) is 0. The second-order valence-corrected chi connectivity index (χ2v) is 7.23. The second-order valence-electron chi connectivity index (χ2n) is 6.41. The third kappa shape index (κ3) is 3.58. The number of nitrogens with zero attached hydrogens (tertiary/aromatic N) is 5. The van der Waals surface area contributed by atoms with E-state index in [2.05, 4.69) is 15.1 Å². The minimum Gasteiger partial charge on any atom is -0.419 e. The molecule has 6 nitrogen and oxygen atoms in total. The normalized spacial score (nSPS) is 11.9. The van der Waals surface area contributed by atoms with Crippen molar-refractivity contribution < 1.29 is 4.42 Å². The molecular weight excluding hydrogens is 421 g/mol. The van der Waals surface area contributed by atoms with Gasteiger partial charge in [-0.3, -0.25) is 0 Å². The molecule has 0 bridgehead atoms. The van der Waals surface area contributed by atoms with E-state index in [0.717, 1.165) is 5.69 Å². The van der Waals surface area contributed by atoms with Crippen LogP contribution in [0.2, 0.25) is 10.2 Å². The first kappa shape index (κ1) is 18.5. The van der Waals surface area contributed by atoms with Gasteiger partial charge in [0.05, 0.1) is 23.1 Å². The zero-order valence-corrected chi connectivity index (χ0v) is 16.9. The lowest BCUT2D eigenvalue weighted by Crippen LogP contribution is -2.06. The highest BCUT2D eigenvalue weighted by Crippen LogP contribution is 2.22. The first-order valence-electron chi connectivity index (χ1n) is 9.04. The van der Waals surface area contributed by atoms with Gasteiger partial charge in [0, 0.05) is 11.2 Å². The highest BCUT2D eigenvalue weighted by atomic mass is 35.5. The lowest BCUT2D eigenvalue weighted by atomic mass is 10.3. The van der Waals surface area contributed by atoms with Crippen molar-refractivity contribution in [1.82, 2.24) is 19.7 Å². The predicted molar refractivity (Wildman–Crippen MR) is 116 cm³/mol. The lowest BCUT2D eigenvalue weighted by molar-refractivity contribution is 0.504. The number of hydrogen-bond donors (Lipinski definition) is 0. The van der Waals surface area contributed by atoms with Gasteiger partial charge in [-0.25, -0.2) is 14.7 Å². The first-order valence-corrected chi connectivity index (χ1v) is 9.79. The molecule has 0 fully saturated rings. The number of rotatable bonds is 3. The molecule has 0 aliphatic heterocycles. The van der Waals surface area contributed by atoms with Crippen LogP contribution in [0.25, 0.3) is 28.2 Å². The summed E-state index contributed by atoms with van der Waals surface area (Å²) in [6, 6.07) is 20.4. The predicted octanol–water partition coefficient (Wildman–Crippen LogP) is 5.61. The number of pyridine rings is 1. The lowest BCUT2D eigenvalue weighted by Gasteiger charge is -2.05. The molecule has 0 atom stereocenters. The molecule has 30 heavy (non-hydrogen) atoms. The minimum absolute atomic E-state index is 0.358. The van der Waals surface area contributed by atoms with Crippen LogP contribution >= 0.6 is 23.2 Å². The van der Waals surface area contributed by atoms with Crippen molar-refractivity contribution >= 4 is 39.9 Å². The van der Waals surface area contributed by atoms with E-state index in [0.29, 0.717) is 43.9 Å². The van der Waals surface area contributed by atoms with Crippen molar-refractivity contribution in [3.8, 4) is 17.1 Å². The monoisotopic (exact) mass is 433 g/mol. The molecular formula is C22H13Cl2N5O. The van der Waals surface area contributed by atoms with Crippen LogP contribution in [0, 0.1) is 0 Å². The van der Waals surface area contributed by atoms with Crippen LogP contribution in [0.5, 0.6) is 0 Å². The van der Waals surface area contributed by atoms with Crippen LogP contribution in [-0.4, -0.2) is 19.7 Å². The quantitative estimate of drug-likeness (QED) is 0.346. The molecule has 0 saturated heterocycles. The maximum atomic E-state index is 6.05. The summed E-state index contributed by atoms with van der Waals surface area (Å²) in [5, 5.41) is 6.21. The number of hydrogen-bond acceptors (Lipinski definition) is 5. The number of fused-ring (bicyclic) bond motifs is 1. The van der Waals surface area contributed by atoms with Crippen molar-refractivity contribution in [1.29, 1.82) is 0 Å². The Balaban J connectivity index is 1.78. The minimum atomic E-state index is 0.358. The summed E-state index contributed by atoms with van der Waals surface area (Å²) < 4.78 is 7.80. The van der Waals surface area contributed by atoms with Gasteiger partial charge in [0.25, 0.3) is 0 Å². The standard InChI is InChI=1S/C22H13Cl2N5O/c23-15-7-9-16(10-8-15)27-22-18-13-26-29(17-4-2-1-3-5-17)20(18)28-21(30-22)14-6-11-19(24)25-12-14/h1-13H. The molecule has 0 N–H and O–H groups in total. The van der Waals surface area contributed by atoms with E-state index in [1.54, 1.807) is 41.3 Å². The molecule has 0 amide bonds. The smallest absolute Gasteiger partial charge is 0.234 e. The topological polar surface area (TPSA) is 69.1 Å². The van der Waals surface area contributed by atoms with E-state index in [1.807, 2.05) is 42.5 Å². The molecule has 0 spiro atoms. The van der Waals surface area contributed by atoms with Crippen LogP contribution in [0.15, 0.2) is 88.5 Å². The van der Waals surface area contributed by atoms with Gasteiger partial charge in [-0.15, -0.1) is 0 Å². The Morgan fingerprint density at radius 3 is 2.40 bits per heavy atom. The van der Waals surface area contributed by atoms with Gasteiger partial charge < -0.3 is 4.42 Å². The van der Waals surface area contributed by atoms with Crippen LogP contribution in [0.4, 0.5) is 5.69 Å². The van der Waals surface area contributed by atoms with Crippen LogP contribution in [-0.2, 0) is 0 Å². The molecule has 3 heterocycles. The molecule has 0 aliphatic rings. The molecule has 5 rings (SSSR count). The summed E-state index contributed by atoms with van der Waals surface area (Å²) in [5.41, 5.74) is 3.25. The van der Waals surface area contributed by atoms with Crippen LogP contribution < -0.4 is 5.55 Å². The van der Waals surface area contributed by atoms with Crippen molar-refractivity contribution in [3.05, 3.63) is 94.9 Å².